The van der Waals surface area contributed by atoms with Gasteiger partial charge in [0.15, 0.2) is 5.82 Å². The minimum atomic E-state index is 0.735. The summed E-state index contributed by atoms with van der Waals surface area (Å²) >= 11 is 1.68. The van der Waals surface area contributed by atoms with Crippen molar-refractivity contribution in [3.05, 3.63) is 29.3 Å². The molecule has 0 spiro atoms. The first-order chi connectivity index (χ1) is 9.70. The van der Waals surface area contributed by atoms with Crippen LogP contribution in [0.3, 0.4) is 0 Å². The predicted octanol–water partition coefficient (Wildman–Crippen LogP) is 1.80. The van der Waals surface area contributed by atoms with Crippen LogP contribution in [-0.2, 0) is 13.1 Å². The van der Waals surface area contributed by atoms with Gasteiger partial charge in [-0.25, -0.2) is 4.98 Å². The second-order valence-electron chi connectivity index (χ2n) is 4.97. The first-order valence-electron chi connectivity index (χ1n) is 6.49. The molecule has 0 atom stereocenters. The van der Waals surface area contributed by atoms with Crippen molar-refractivity contribution in [2.45, 2.75) is 20.0 Å². The Bertz CT molecular complexity index is 789. The van der Waals surface area contributed by atoms with E-state index in [4.69, 9.17) is 5.73 Å². The van der Waals surface area contributed by atoms with E-state index < -0.39 is 0 Å². The highest BCUT2D eigenvalue weighted by Gasteiger charge is 2.20. The molecular formula is C13H14N6S. The lowest BCUT2D eigenvalue weighted by molar-refractivity contribution is 0.560. The molecule has 6 nitrogen and oxygen atoms in total. The smallest absolute Gasteiger partial charge is 0.152 e. The summed E-state index contributed by atoms with van der Waals surface area (Å²) in [5.74, 6) is 0.977. The van der Waals surface area contributed by atoms with E-state index in [-0.39, 0.29) is 0 Å². The summed E-state index contributed by atoms with van der Waals surface area (Å²) in [6.45, 7) is 4.54. The van der Waals surface area contributed by atoms with Crippen LogP contribution < -0.4 is 10.6 Å². The van der Waals surface area contributed by atoms with Crippen LogP contribution in [0.15, 0.2) is 18.5 Å². The zero-order valence-corrected chi connectivity index (χ0v) is 11.9. The molecule has 1 aliphatic rings. The van der Waals surface area contributed by atoms with E-state index in [9.17, 15) is 0 Å². The molecule has 2 N–H and O–H groups in total. The number of hydrogen-bond donors (Lipinski definition) is 1. The van der Waals surface area contributed by atoms with Crippen molar-refractivity contribution in [3.8, 4) is 0 Å². The lowest BCUT2D eigenvalue weighted by atomic mass is 10.2. The van der Waals surface area contributed by atoms with Crippen LogP contribution in [0, 0.1) is 6.92 Å². The zero-order chi connectivity index (χ0) is 13.7. The largest absolute Gasteiger partial charge is 0.397 e. The third-order valence-electron chi connectivity index (χ3n) is 3.62. The Morgan fingerprint density at radius 2 is 2.20 bits per heavy atom. The molecule has 102 valence electrons. The molecular weight excluding hydrogens is 272 g/mol. The molecule has 20 heavy (non-hydrogen) atoms. The monoisotopic (exact) mass is 286 g/mol. The number of nitrogen functional groups attached to an aromatic ring is 1. The number of fused-ring (bicyclic) bond motifs is 2. The third-order valence-corrected chi connectivity index (χ3v) is 4.56. The van der Waals surface area contributed by atoms with Gasteiger partial charge in [-0.1, -0.05) is 0 Å². The number of aryl methyl sites for hydroxylation is 1. The normalized spacial score (nSPS) is 14.8. The Morgan fingerprint density at radius 1 is 1.30 bits per heavy atom. The molecule has 4 rings (SSSR count). The summed E-state index contributed by atoms with van der Waals surface area (Å²) < 4.78 is 3.22. The van der Waals surface area contributed by atoms with Crippen molar-refractivity contribution in [2.24, 2.45) is 0 Å². The van der Waals surface area contributed by atoms with Gasteiger partial charge in [0, 0.05) is 13.1 Å². The van der Waals surface area contributed by atoms with Crippen molar-refractivity contribution in [1.82, 2.24) is 19.7 Å². The number of benzene rings is 1. The fraction of sp³-hybridized carbons (Fsp3) is 0.308. The number of thiazole rings is 1. The number of aromatic nitrogens is 4. The molecule has 1 aliphatic heterocycles. The Balaban J connectivity index is 1.77. The fourth-order valence-corrected chi connectivity index (χ4v) is 3.50. The number of rotatable bonds is 1. The average Bonchev–Trinajstić information content (AvgIpc) is 3.01. The van der Waals surface area contributed by atoms with Gasteiger partial charge < -0.3 is 15.2 Å². The van der Waals surface area contributed by atoms with Gasteiger partial charge in [0.1, 0.15) is 6.33 Å². The van der Waals surface area contributed by atoms with Crippen LogP contribution in [-0.4, -0.2) is 26.3 Å². The molecule has 1 aromatic carbocycles. The quantitative estimate of drug-likeness (QED) is 0.691. The van der Waals surface area contributed by atoms with Crippen LogP contribution >= 0.6 is 11.3 Å². The summed E-state index contributed by atoms with van der Waals surface area (Å²) in [6, 6.07) is 4.11. The lowest BCUT2D eigenvalue weighted by Crippen LogP contribution is -2.34. The molecule has 0 radical (unpaired) electrons. The number of anilines is 2. The fourth-order valence-electron chi connectivity index (χ4n) is 2.64. The average molecular weight is 286 g/mol. The minimum absolute atomic E-state index is 0.735. The van der Waals surface area contributed by atoms with Gasteiger partial charge in [0.2, 0.25) is 0 Å². The van der Waals surface area contributed by atoms with Crippen molar-refractivity contribution < 1.29 is 0 Å². The molecule has 0 saturated carbocycles. The van der Waals surface area contributed by atoms with Crippen LogP contribution in [0.5, 0.6) is 0 Å². The third kappa shape index (κ3) is 1.74. The van der Waals surface area contributed by atoms with E-state index in [1.165, 1.54) is 0 Å². The summed E-state index contributed by atoms with van der Waals surface area (Å²) in [5.41, 5.74) is 9.07. The summed E-state index contributed by atoms with van der Waals surface area (Å²) in [6.07, 6.45) is 1.78. The van der Waals surface area contributed by atoms with Gasteiger partial charge in [0.25, 0.3) is 0 Å². The van der Waals surface area contributed by atoms with Crippen LogP contribution in [0.4, 0.5) is 11.4 Å². The maximum absolute atomic E-state index is 6.22. The standard InChI is InChI=1S/C13H14N6S/c1-8-16-10-5-11(9(14)4-12(10)20-8)18-2-3-19-7-15-17-13(19)6-18/h4-5,7H,2-3,6,14H2,1H3. The van der Waals surface area contributed by atoms with Gasteiger partial charge in [-0.05, 0) is 19.1 Å². The maximum Gasteiger partial charge on any atom is 0.152 e. The Kier molecular flexibility index (Phi) is 2.43. The summed E-state index contributed by atoms with van der Waals surface area (Å²) in [5, 5.41) is 9.16. The van der Waals surface area contributed by atoms with Crippen LogP contribution in [0.25, 0.3) is 10.2 Å². The van der Waals surface area contributed by atoms with E-state index in [0.29, 0.717) is 0 Å². The molecule has 2 aromatic heterocycles. The molecule has 0 bridgehead atoms. The highest BCUT2D eigenvalue weighted by atomic mass is 32.1. The Hall–Kier alpha value is -2.15. The molecule has 3 aromatic rings. The highest BCUT2D eigenvalue weighted by molar-refractivity contribution is 7.18. The topological polar surface area (TPSA) is 72.9 Å². The van der Waals surface area contributed by atoms with E-state index in [1.54, 1.807) is 17.7 Å². The zero-order valence-electron chi connectivity index (χ0n) is 11.1. The summed E-state index contributed by atoms with van der Waals surface area (Å²) in [4.78, 5) is 6.79. The minimum Gasteiger partial charge on any atom is -0.397 e. The Morgan fingerprint density at radius 3 is 3.10 bits per heavy atom. The van der Waals surface area contributed by atoms with Gasteiger partial charge in [0.05, 0.1) is 33.1 Å². The molecule has 0 saturated heterocycles. The number of nitrogens with two attached hydrogens (primary N) is 1. The van der Waals surface area contributed by atoms with Crippen molar-refractivity contribution in [2.75, 3.05) is 17.2 Å². The van der Waals surface area contributed by atoms with E-state index >= 15 is 0 Å². The van der Waals surface area contributed by atoms with E-state index in [1.807, 2.05) is 13.0 Å². The van der Waals surface area contributed by atoms with Gasteiger partial charge >= 0.3 is 0 Å². The lowest BCUT2D eigenvalue weighted by Gasteiger charge is -2.29. The van der Waals surface area contributed by atoms with Crippen molar-refractivity contribution >= 4 is 32.9 Å². The maximum atomic E-state index is 6.22. The van der Waals surface area contributed by atoms with Crippen molar-refractivity contribution in [3.63, 3.8) is 0 Å². The van der Waals surface area contributed by atoms with E-state index in [0.717, 1.165) is 52.1 Å². The number of hydrogen-bond acceptors (Lipinski definition) is 6. The van der Waals surface area contributed by atoms with Gasteiger partial charge in [-0.3, -0.25) is 0 Å². The van der Waals surface area contributed by atoms with Gasteiger partial charge in [-0.15, -0.1) is 21.5 Å². The second kappa shape index (κ2) is 4.17. The predicted molar refractivity (Wildman–Crippen MR) is 79.8 cm³/mol. The highest BCUT2D eigenvalue weighted by Crippen LogP contribution is 2.33. The molecule has 0 unspecified atom stereocenters. The van der Waals surface area contributed by atoms with Crippen molar-refractivity contribution in [1.29, 1.82) is 0 Å². The molecule has 0 fully saturated rings. The number of nitrogens with zero attached hydrogens (tertiary/aromatic N) is 5. The second-order valence-corrected chi connectivity index (χ2v) is 6.21. The first kappa shape index (κ1) is 11.7. The first-order valence-corrected chi connectivity index (χ1v) is 7.30. The van der Waals surface area contributed by atoms with Crippen LogP contribution in [0.2, 0.25) is 0 Å². The molecule has 7 heteroatoms. The summed E-state index contributed by atoms with van der Waals surface area (Å²) in [7, 11) is 0. The Labute approximate surface area is 119 Å². The van der Waals surface area contributed by atoms with Gasteiger partial charge in [-0.2, -0.15) is 0 Å². The molecule has 0 amide bonds. The van der Waals surface area contributed by atoms with E-state index in [2.05, 4.69) is 30.7 Å². The van der Waals surface area contributed by atoms with Crippen LogP contribution in [0.1, 0.15) is 10.8 Å². The SMILES string of the molecule is Cc1nc2cc(N3CCn4cnnc4C3)c(N)cc2s1. The molecule has 3 heterocycles. The molecule has 0 aliphatic carbocycles.